The number of carbonyl (C=O) groups is 2. The van der Waals surface area contributed by atoms with Crippen LogP contribution in [0.25, 0.3) is 11.0 Å². The third kappa shape index (κ3) is 3.01. The number of amides is 1. The number of nitrogens with one attached hydrogen (secondary N) is 1. The van der Waals surface area contributed by atoms with Gasteiger partial charge in [0.25, 0.3) is 5.91 Å². The normalized spacial score (nSPS) is 12.1. The number of carbonyl (C=O) groups excluding carboxylic acids is 2. The van der Waals surface area contributed by atoms with E-state index in [1.807, 2.05) is 18.2 Å². The standard InChI is InChI=1S/C12H12BNO5/c15-6-12(16)14-11(13(17)18)5-8-7-19-10-4-2-1-3-9(8)10/h1-4,6-7,11,17-18H,5H2,(H,14,16)/t11-/m0/s1. The summed E-state index contributed by atoms with van der Waals surface area (Å²) in [5.41, 5.74) is 1.39. The van der Waals surface area contributed by atoms with Crippen LogP contribution in [0.4, 0.5) is 0 Å². The summed E-state index contributed by atoms with van der Waals surface area (Å²) in [6.45, 7) is 0. The predicted molar refractivity (Wildman–Crippen MR) is 68.1 cm³/mol. The Bertz CT molecular complexity index is 595. The monoisotopic (exact) mass is 261 g/mol. The van der Waals surface area contributed by atoms with Crippen LogP contribution in [0.15, 0.2) is 34.9 Å². The first-order valence-electron chi connectivity index (χ1n) is 5.68. The number of para-hydroxylation sites is 1. The minimum absolute atomic E-state index is 0.0862. The van der Waals surface area contributed by atoms with Crippen LogP contribution in [-0.2, 0) is 16.0 Å². The molecule has 1 heterocycles. The molecule has 2 rings (SSSR count). The highest BCUT2D eigenvalue weighted by molar-refractivity contribution is 6.44. The van der Waals surface area contributed by atoms with Gasteiger partial charge in [-0.05, 0) is 18.1 Å². The average molecular weight is 261 g/mol. The predicted octanol–water partition coefficient (Wildman–Crippen LogP) is -0.329. The van der Waals surface area contributed by atoms with Crippen LogP contribution in [-0.4, -0.2) is 35.3 Å². The van der Waals surface area contributed by atoms with Crippen LogP contribution in [0.1, 0.15) is 5.56 Å². The van der Waals surface area contributed by atoms with E-state index in [-0.39, 0.29) is 12.7 Å². The molecule has 0 spiro atoms. The maximum Gasteiger partial charge on any atom is 0.475 e. The second kappa shape index (κ2) is 5.68. The smallest absolute Gasteiger partial charge is 0.464 e. The molecule has 1 aromatic heterocycles. The fraction of sp³-hybridized carbons (Fsp3) is 0.167. The Morgan fingerprint density at radius 2 is 2.16 bits per heavy atom. The molecular formula is C12H12BNO5. The van der Waals surface area contributed by atoms with Crippen LogP contribution in [0, 0.1) is 0 Å². The van der Waals surface area contributed by atoms with Crippen molar-refractivity contribution in [3.63, 3.8) is 0 Å². The molecule has 0 saturated heterocycles. The molecule has 0 unspecified atom stereocenters. The number of aldehydes is 1. The largest absolute Gasteiger partial charge is 0.475 e. The molecule has 0 radical (unpaired) electrons. The van der Waals surface area contributed by atoms with E-state index < -0.39 is 19.0 Å². The molecule has 0 fully saturated rings. The van der Waals surface area contributed by atoms with Gasteiger partial charge in [-0.2, -0.15) is 0 Å². The summed E-state index contributed by atoms with van der Waals surface area (Å²) >= 11 is 0. The zero-order valence-corrected chi connectivity index (χ0v) is 9.95. The Labute approximate surface area is 109 Å². The van der Waals surface area contributed by atoms with Gasteiger partial charge in [0, 0.05) is 5.39 Å². The highest BCUT2D eigenvalue weighted by Crippen LogP contribution is 2.21. The number of hydrogen-bond acceptors (Lipinski definition) is 5. The number of furan rings is 1. The third-order valence-corrected chi connectivity index (χ3v) is 2.80. The summed E-state index contributed by atoms with van der Waals surface area (Å²) in [4.78, 5) is 21.3. The first-order chi connectivity index (χ1) is 9.11. The van der Waals surface area contributed by atoms with Gasteiger partial charge in [0.15, 0.2) is 0 Å². The number of fused-ring (bicyclic) bond motifs is 1. The zero-order valence-electron chi connectivity index (χ0n) is 9.95. The molecule has 0 saturated carbocycles. The van der Waals surface area contributed by atoms with Crippen molar-refractivity contribution in [2.24, 2.45) is 0 Å². The first kappa shape index (κ1) is 13.3. The maximum absolute atomic E-state index is 11.0. The fourth-order valence-electron chi connectivity index (χ4n) is 1.88. The Balaban J connectivity index is 2.21. The van der Waals surface area contributed by atoms with E-state index in [1.165, 1.54) is 6.26 Å². The molecule has 2 aromatic rings. The molecule has 19 heavy (non-hydrogen) atoms. The molecule has 98 valence electrons. The van der Waals surface area contributed by atoms with Crippen LogP contribution in [0.5, 0.6) is 0 Å². The van der Waals surface area contributed by atoms with Gasteiger partial charge in [-0.25, -0.2) is 0 Å². The summed E-state index contributed by atoms with van der Waals surface area (Å²) in [7, 11) is -1.77. The van der Waals surface area contributed by atoms with E-state index in [1.54, 1.807) is 6.07 Å². The van der Waals surface area contributed by atoms with E-state index in [0.717, 1.165) is 10.9 Å². The van der Waals surface area contributed by atoms with Crippen LogP contribution < -0.4 is 5.32 Å². The number of rotatable bonds is 5. The maximum atomic E-state index is 11.0. The summed E-state index contributed by atoms with van der Waals surface area (Å²) in [5, 5.41) is 21.5. The number of hydrogen-bond donors (Lipinski definition) is 3. The Hall–Kier alpha value is -2.12. The van der Waals surface area contributed by atoms with Crippen molar-refractivity contribution in [3.8, 4) is 0 Å². The Morgan fingerprint density at radius 3 is 2.84 bits per heavy atom. The summed E-state index contributed by atoms with van der Waals surface area (Å²) in [6, 6.07) is 7.27. The minimum Gasteiger partial charge on any atom is -0.464 e. The fourth-order valence-corrected chi connectivity index (χ4v) is 1.88. The lowest BCUT2D eigenvalue weighted by Gasteiger charge is -2.15. The molecule has 1 atom stereocenters. The molecule has 0 aliphatic rings. The second-order valence-electron chi connectivity index (χ2n) is 4.11. The molecule has 1 aromatic carbocycles. The van der Waals surface area contributed by atoms with E-state index in [4.69, 9.17) is 4.42 Å². The lowest BCUT2D eigenvalue weighted by atomic mass is 9.76. The van der Waals surface area contributed by atoms with Gasteiger partial charge in [0.1, 0.15) is 5.58 Å². The van der Waals surface area contributed by atoms with Crippen molar-refractivity contribution in [2.75, 3.05) is 0 Å². The quantitative estimate of drug-likeness (QED) is 0.389. The molecular weight excluding hydrogens is 249 g/mol. The summed E-state index contributed by atoms with van der Waals surface area (Å²) in [6.07, 6.45) is 1.73. The third-order valence-electron chi connectivity index (χ3n) is 2.80. The molecule has 7 heteroatoms. The van der Waals surface area contributed by atoms with Crippen molar-refractivity contribution in [1.82, 2.24) is 5.32 Å². The SMILES string of the molecule is O=CC(=O)N[C@@H](Cc1coc2ccccc12)B(O)O. The highest BCUT2D eigenvalue weighted by Gasteiger charge is 2.26. The van der Waals surface area contributed by atoms with Gasteiger partial charge < -0.3 is 19.8 Å². The van der Waals surface area contributed by atoms with Crippen LogP contribution in [0.2, 0.25) is 0 Å². The Kier molecular flexibility index (Phi) is 3.98. The van der Waals surface area contributed by atoms with Crippen LogP contribution >= 0.6 is 0 Å². The van der Waals surface area contributed by atoms with Crippen molar-refractivity contribution in [1.29, 1.82) is 0 Å². The lowest BCUT2D eigenvalue weighted by molar-refractivity contribution is -0.131. The molecule has 6 nitrogen and oxygen atoms in total. The molecule has 1 amide bonds. The molecule has 0 bridgehead atoms. The van der Waals surface area contributed by atoms with Gasteiger partial charge in [0.05, 0.1) is 12.2 Å². The summed E-state index contributed by atoms with van der Waals surface area (Å²) in [5.74, 6) is -1.87. The average Bonchev–Trinajstić information content (AvgIpc) is 2.81. The highest BCUT2D eigenvalue weighted by atomic mass is 16.4. The van der Waals surface area contributed by atoms with Gasteiger partial charge >= 0.3 is 7.12 Å². The first-order valence-corrected chi connectivity index (χ1v) is 5.68. The van der Waals surface area contributed by atoms with E-state index in [0.29, 0.717) is 5.58 Å². The minimum atomic E-state index is -1.77. The molecule has 0 aliphatic carbocycles. The molecule has 3 N–H and O–H groups in total. The van der Waals surface area contributed by atoms with Crippen LogP contribution in [0.3, 0.4) is 0 Å². The van der Waals surface area contributed by atoms with Gasteiger partial charge in [-0.15, -0.1) is 0 Å². The van der Waals surface area contributed by atoms with Crippen molar-refractivity contribution >= 4 is 30.3 Å². The second-order valence-corrected chi connectivity index (χ2v) is 4.11. The topological polar surface area (TPSA) is 99.8 Å². The van der Waals surface area contributed by atoms with Gasteiger partial charge in [-0.1, -0.05) is 18.2 Å². The Morgan fingerprint density at radius 1 is 1.42 bits per heavy atom. The van der Waals surface area contributed by atoms with Gasteiger partial charge in [-0.3, -0.25) is 9.59 Å². The van der Waals surface area contributed by atoms with Crippen molar-refractivity contribution < 1.29 is 24.1 Å². The zero-order chi connectivity index (χ0) is 13.8. The van der Waals surface area contributed by atoms with Crippen molar-refractivity contribution in [3.05, 3.63) is 36.1 Å². The van der Waals surface area contributed by atoms with Gasteiger partial charge in [0.2, 0.25) is 6.29 Å². The lowest BCUT2D eigenvalue weighted by Crippen LogP contribution is -2.48. The summed E-state index contributed by atoms with van der Waals surface area (Å²) < 4.78 is 5.32. The molecule has 0 aliphatic heterocycles. The van der Waals surface area contributed by atoms with E-state index in [9.17, 15) is 19.6 Å². The number of benzene rings is 1. The van der Waals surface area contributed by atoms with E-state index >= 15 is 0 Å². The van der Waals surface area contributed by atoms with Crippen molar-refractivity contribution in [2.45, 2.75) is 12.4 Å². The van der Waals surface area contributed by atoms with E-state index in [2.05, 4.69) is 5.32 Å².